The highest BCUT2D eigenvalue weighted by Crippen LogP contribution is 2.24. The molecule has 0 saturated carbocycles. The third-order valence-corrected chi connectivity index (χ3v) is 4.04. The molecule has 0 radical (unpaired) electrons. The molecule has 0 spiro atoms. The normalized spacial score (nSPS) is 14.0. The lowest BCUT2D eigenvalue weighted by atomic mass is 9.97. The van der Waals surface area contributed by atoms with Crippen LogP contribution in [0.2, 0.25) is 0 Å². The molecular weight excluding hydrogens is 282 g/mol. The number of allylic oxidation sites excluding steroid dienone is 4. The number of rotatable bonds is 5. The third kappa shape index (κ3) is 3.78. The number of methoxy groups -OCH3 is 1. The van der Waals surface area contributed by atoms with Crippen molar-refractivity contribution in [3.8, 4) is 5.75 Å². The molecular formula is C21H21NO. The van der Waals surface area contributed by atoms with Crippen LogP contribution in [0, 0.1) is 6.92 Å². The van der Waals surface area contributed by atoms with Crippen LogP contribution in [0.4, 0.5) is 5.69 Å². The smallest absolute Gasteiger partial charge is 0.119 e. The Morgan fingerprint density at radius 3 is 2.52 bits per heavy atom. The predicted octanol–water partition coefficient (Wildman–Crippen LogP) is 5.40. The van der Waals surface area contributed by atoms with E-state index in [1.807, 2.05) is 24.3 Å². The van der Waals surface area contributed by atoms with Gasteiger partial charge in [-0.1, -0.05) is 48.1 Å². The van der Waals surface area contributed by atoms with Gasteiger partial charge in [-0.3, -0.25) is 4.99 Å². The standard InChI is InChI=1S/C21H21NO/c1-16-7-3-6-10-20(16)21(15-17-8-4-5-9-17)22-18-11-13-19(23-2)14-12-18/h3-8,10-14H,9,15H2,1-2H3. The second kappa shape index (κ2) is 7.10. The zero-order valence-electron chi connectivity index (χ0n) is 13.6. The van der Waals surface area contributed by atoms with E-state index in [4.69, 9.17) is 9.73 Å². The van der Waals surface area contributed by atoms with E-state index in [1.54, 1.807) is 7.11 Å². The van der Waals surface area contributed by atoms with Crippen LogP contribution in [0.25, 0.3) is 0 Å². The monoisotopic (exact) mass is 303 g/mol. The van der Waals surface area contributed by atoms with E-state index in [-0.39, 0.29) is 0 Å². The van der Waals surface area contributed by atoms with Crippen LogP contribution in [0.1, 0.15) is 24.0 Å². The van der Waals surface area contributed by atoms with Crippen molar-refractivity contribution in [2.24, 2.45) is 4.99 Å². The molecule has 0 fully saturated rings. The number of hydrogen-bond acceptors (Lipinski definition) is 2. The minimum atomic E-state index is 0.851. The molecule has 2 heteroatoms. The number of ether oxygens (including phenoxy) is 1. The fraction of sp³-hybridized carbons (Fsp3) is 0.190. The summed E-state index contributed by atoms with van der Waals surface area (Å²) < 4.78 is 5.22. The summed E-state index contributed by atoms with van der Waals surface area (Å²) in [5, 5.41) is 0. The van der Waals surface area contributed by atoms with E-state index >= 15 is 0 Å². The first-order chi connectivity index (χ1) is 11.3. The molecule has 2 aromatic rings. The van der Waals surface area contributed by atoms with Crippen LogP contribution < -0.4 is 4.74 Å². The van der Waals surface area contributed by atoms with Crippen molar-refractivity contribution in [3.05, 3.63) is 83.5 Å². The van der Waals surface area contributed by atoms with Crippen molar-refractivity contribution < 1.29 is 4.74 Å². The Morgan fingerprint density at radius 2 is 1.87 bits per heavy atom. The lowest BCUT2D eigenvalue weighted by molar-refractivity contribution is 0.415. The molecule has 1 aliphatic rings. The minimum absolute atomic E-state index is 0.851. The Balaban J connectivity index is 1.96. The Bertz CT molecular complexity index is 767. The van der Waals surface area contributed by atoms with Gasteiger partial charge in [-0.15, -0.1) is 0 Å². The molecule has 0 aliphatic heterocycles. The van der Waals surface area contributed by atoms with Gasteiger partial charge in [0.25, 0.3) is 0 Å². The van der Waals surface area contributed by atoms with Crippen molar-refractivity contribution in [3.63, 3.8) is 0 Å². The summed E-state index contributed by atoms with van der Waals surface area (Å²) in [4.78, 5) is 4.92. The van der Waals surface area contributed by atoms with Gasteiger partial charge < -0.3 is 4.74 Å². The Kier molecular flexibility index (Phi) is 4.72. The molecule has 0 aromatic heterocycles. The van der Waals surface area contributed by atoms with Gasteiger partial charge in [0.15, 0.2) is 0 Å². The lowest BCUT2D eigenvalue weighted by Gasteiger charge is -2.11. The molecule has 0 atom stereocenters. The number of aryl methyl sites for hydroxylation is 1. The van der Waals surface area contributed by atoms with Crippen molar-refractivity contribution in [2.45, 2.75) is 19.8 Å². The van der Waals surface area contributed by atoms with Crippen molar-refractivity contribution in [1.82, 2.24) is 0 Å². The quantitative estimate of drug-likeness (QED) is 0.678. The maximum absolute atomic E-state index is 5.22. The average molecular weight is 303 g/mol. The van der Waals surface area contributed by atoms with Crippen molar-refractivity contribution in [1.29, 1.82) is 0 Å². The summed E-state index contributed by atoms with van der Waals surface area (Å²) in [6, 6.07) is 16.3. The van der Waals surface area contributed by atoms with Gasteiger partial charge in [-0.05, 0) is 48.7 Å². The van der Waals surface area contributed by atoms with E-state index in [2.05, 4.69) is 49.4 Å². The molecule has 0 N–H and O–H groups in total. The molecule has 2 aromatic carbocycles. The first-order valence-electron chi connectivity index (χ1n) is 7.88. The predicted molar refractivity (Wildman–Crippen MR) is 96.8 cm³/mol. The molecule has 1 aliphatic carbocycles. The third-order valence-electron chi connectivity index (χ3n) is 4.04. The van der Waals surface area contributed by atoms with E-state index in [0.717, 1.165) is 30.0 Å². The molecule has 116 valence electrons. The Labute approximate surface area is 137 Å². The van der Waals surface area contributed by atoms with Crippen LogP contribution in [-0.2, 0) is 0 Å². The minimum Gasteiger partial charge on any atom is -0.497 e. The first-order valence-corrected chi connectivity index (χ1v) is 7.88. The highest BCUT2D eigenvalue weighted by atomic mass is 16.5. The highest BCUT2D eigenvalue weighted by molar-refractivity contribution is 6.04. The zero-order chi connectivity index (χ0) is 16.1. The average Bonchev–Trinajstić information content (AvgIpc) is 3.08. The second-order valence-corrected chi connectivity index (χ2v) is 5.71. The van der Waals surface area contributed by atoms with Gasteiger partial charge in [-0.25, -0.2) is 0 Å². The first kappa shape index (κ1) is 15.3. The fourth-order valence-electron chi connectivity index (χ4n) is 2.74. The van der Waals surface area contributed by atoms with Crippen LogP contribution in [0.3, 0.4) is 0 Å². The summed E-state index contributed by atoms with van der Waals surface area (Å²) >= 11 is 0. The summed E-state index contributed by atoms with van der Waals surface area (Å²) in [6.07, 6.45) is 8.41. The maximum atomic E-state index is 5.22. The summed E-state index contributed by atoms with van der Waals surface area (Å²) in [5.74, 6) is 0.851. The van der Waals surface area contributed by atoms with Crippen LogP contribution >= 0.6 is 0 Å². The number of hydrogen-bond donors (Lipinski definition) is 0. The molecule has 0 unspecified atom stereocenters. The highest BCUT2D eigenvalue weighted by Gasteiger charge is 2.10. The molecule has 23 heavy (non-hydrogen) atoms. The topological polar surface area (TPSA) is 21.6 Å². The van der Waals surface area contributed by atoms with Gasteiger partial charge in [0, 0.05) is 6.42 Å². The van der Waals surface area contributed by atoms with Crippen LogP contribution in [0.15, 0.2) is 77.3 Å². The number of aliphatic imine (C=N–C) groups is 1. The van der Waals surface area contributed by atoms with Gasteiger partial charge in [0.2, 0.25) is 0 Å². The summed E-state index contributed by atoms with van der Waals surface area (Å²) in [6.45, 7) is 2.14. The molecule has 3 rings (SSSR count). The van der Waals surface area contributed by atoms with Gasteiger partial charge in [0.05, 0.1) is 18.5 Å². The molecule has 0 amide bonds. The number of benzene rings is 2. The van der Waals surface area contributed by atoms with E-state index in [9.17, 15) is 0 Å². The van der Waals surface area contributed by atoms with E-state index < -0.39 is 0 Å². The van der Waals surface area contributed by atoms with Gasteiger partial charge >= 0.3 is 0 Å². The van der Waals surface area contributed by atoms with Gasteiger partial charge in [-0.2, -0.15) is 0 Å². The second-order valence-electron chi connectivity index (χ2n) is 5.71. The summed E-state index contributed by atoms with van der Waals surface area (Å²) in [7, 11) is 1.68. The van der Waals surface area contributed by atoms with E-state index in [0.29, 0.717) is 0 Å². The van der Waals surface area contributed by atoms with E-state index in [1.165, 1.54) is 16.7 Å². The SMILES string of the molecule is COc1ccc(N=C(CC2=CC=CC2)c2ccccc2C)cc1. The van der Waals surface area contributed by atoms with Crippen molar-refractivity contribution >= 4 is 11.4 Å². The Morgan fingerprint density at radius 1 is 1.09 bits per heavy atom. The largest absolute Gasteiger partial charge is 0.497 e. The maximum Gasteiger partial charge on any atom is 0.119 e. The van der Waals surface area contributed by atoms with Crippen molar-refractivity contribution in [2.75, 3.05) is 7.11 Å². The molecule has 0 bridgehead atoms. The lowest BCUT2D eigenvalue weighted by Crippen LogP contribution is -2.04. The van der Waals surface area contributed by atoms with Crippen LogP contribution in [0.5, 0.6) is 5.75 Å². The zero-order valence-corrected chi connectivity index (χ0v) is 13.6. The molecule has 0 heterocycles. The number of nitrogens with zero attached hydrogens (tertiary/aromatic N) is 1. The van der Waals surface area contributed by atoms with Gasteiger partial charge in [0.1, 0.15) is 5.75 Å². The molecule has 0 saturated heterocycles. The molecule has 2 nitrogen and oxygen atoms in total. The van der Waals surface area contributed by atoms with Crippen LogP contribution in [-0.4, -0.2) is 12.8 Å². The fourth-order valence-corrected chi connectivity index (χ4v) is 2.74. The Hall–Kier alpha value is -2.61. The summed E-state index contributed by atoms with van der Waals surface area (Å²) in [5.41, 5.74) is 5.95.